The third-order valence-corrected chi connectivity index (χ3v) is 5.13. The highest BCUT2D eigenvalue weighted by Crippen LogP contribution is 2.38. The van der Waals surface area contributed by atoms with Crippen LogP contribution < -0.4 is 0 Å². The summed E-state index contributed by atoms with van der Waals surface area (Å²) in [6.07, 6.45) is 9.21. The van der Waals surface area contributed by atoms with Crippen molar-refractivity contribution in [3.63, 3.8) is 0 Å². The first-order valence-corrected chi connectivity index (χ1v) is 10.0. The van der Waals surface area contributed by atoms with Crippen LogP contribution in [0.3, 0.4) is 0 Å². The normalized spacial score (nSPS) is 28.2. The molecule has 6 atom stereocenters. The standard InChI is InChI=1S/C21H35FO5/c1-15(23)8-6-7-9-16(24)12-13-18-17(19(22)14-20(18)25)10-4-2-3-5-11-21(26)27/h2,4,12-13,15-20,23-25H,3,5-11,14H2,1H3,(H,26,27)/b4-2-,13-12+/t15?,16-,17+,18+,19+,20+/m0/s1. The van der Waals surface area contributed by atoms with Gasteiger partial charge in [-0.3, -0.25) is 4.79 Å². The van der Waals surface area contributed by atoms with E-state index in [1.807, 2.05) is 12.2 Å². The van der Waals surface area contributed by atoms with Gasteiger partial charge < -0.3 is 20.4 Å². The van der Waals surface area contributed by atoms with Crippen molar-refractivity contribution in [1.29, 1.82) is 0 Å². The van der Waals surface area contributed by atoms with Crippen LogP contribution in [0.5, 0.6) is 0 Å². The summed E-state index contributed by atoms with van der Waals surface area (Å²) in [5.41, 5.74) is 0. The van der Waals surface area contributed by atoms with Crippen LogP contribution in [0, 0.1) is 11.8 Å². The number of carbonyl (C=O) groups is 1. The van der Waals surface area contributed by atoms with Gasteiger partial charge in [-0.15, -0.1) is 0 Å². The summed E-state index contributed by atoms with van der Waals surface area (Å²) in [7, 11) is 0. The summed E-state index contributed by atoms with van der Waals surface area (Å²) in [5, 5.41) is 38.0. The molecule has 27 heavy (non-hydrogen) atoms. The maximum atomic E-state index is 14.2. The van der Waals surface area contributed by atoms with E-state index in [2.05, 4.69) is 0 Å². The number of alkyl halides is 1. The van der Waals surface area contributed by atoms with Gasteiger partial charge in [0.2, 0.25) is 0 Å². The molecule has 0 heterocycles. The number of hydrogen-bond acceptors (Lipinski definition) is 4. The second-order valence-electron chi connectivity index (χ2n) is 7.64. The molecule has 4 N–H and O–H groups in total. The summed E-state index contributed by atoms with van der Waals surface area (Å²) in [4.78, 5) is 10.5. The first-order chi connectivity index (χ1) is 12.8. The van der Waals surface area contributed by atoms with Crippen LogP contribution in [0.2, 0.25) is 0 Å². The first kappa shape index (κ1) is 23.8. The molecule has 1 unspecified atom stereocenters. The minimum atomic E-state index is -1.08. The zero-order valence-corrected chi connectivity index (χ0v) is 16.2. The van der Waals surface area contributed by atoms with Crippen molar-refractivity contribution in [2.45, 2.75) is 89.2 Å². The average Bonchev–Trinajstić information content (AvgIpc) is 2.85. The fourth-order valence-electron chi connectivity index (χ4n) is 3.55. The zero-order valence-electron chi connectivity index (χ0n) is 16.2. The van der Waals surface area contributed by atoms with Crippen LogP contribution in [-0.2, 0) is 4.79 Å². The molecule has 156 valence electrons. The Bertz CT molecular complexity index is 477. The molecule has 0 aromatic rings. The molecule has 0 aliphatic heterocycles. The number of carboxylic acids is 1. The Morgan fingerprint density at radius 2 is 1.89 bits per heavy atom. The summed E-state index contributed by atoms with van der Waals surface area (Å²) in [5.74, 6) is -1.47. The van der Waals surface area contributed by atoms with Crippen molar-refractivity contribution in [2.75, 3.05) is 0 Å². The van der Waals surface area contributed by atoms with E-state index < -0.39 is 24.3 Å². The number of allylic oxidation sites excluding steroid dienone is 2. The van der Waals surface area contributed by atoms with E-state index in [1.54, 1.807) is 19.1 Å². The number of aliphatic hydroxyl groups excluding tert-OH is 3. The molecule has 1 saturated carbocycles. The van der Waals surface area contributed by atoms with Crippen LogP contribution in [0.4, 0.5) is 4.39 Å². The number of halogens is 1. The lowest BCUT2D eigenvalue weighted by atomic mass is 9.90. The highest BCUT2D eigenvalue weighted by atomic mass is 19.1. The molecule has 0 saturated heterocycles. The molecule has 5 nitrogen and oxygen atoms in total. The molecule has 1 fully saturated rings. The first-order valence-electron chi connectivity index (χ1n) is 10.0. The van der Waals surface area contributed by atoms with Crippen molar-refractivity contribution in [2.24, 2.45) is 11.8 Å². The maximum Gasteiger partial charge on any atom is 0.303 e. The molecule has 0 aromatic heterocycles. The lowest BCUT2D eigenvalue weighted by Gasteiger charge is -2.19. The van der Waals surface area contributed by atoms with E-state index in [0.717, 1.165) is 12.8 Å². The van der Waals surface area contributed by atoms with Crippen molar-refractivity contribution >= 4 is 5.97 Å². The van der Waals surface area contributed by atoms with Gasteiger partial charge in [-0.05, 0) is 39.0 Å². The topological polar surface area (TPSA) is 98.0 Å². The van der Waals surface area contributed by atoms with E-state index in [4.69, 9.17) is 5.11 Å². The third-order valence-electron chi connectivity index (χ3n) is 5.13. The van der Waals surface area contributed by atoms with Crippen molar-refractivity contribution in [1.82, 2.24) is 0 Å². The van der Waals surface area contributed by atoms with Gasteiger partial charge in [-0.1, -0.05) is 37.1 Å². The summed E-state index contributed by atoms with van der Waals surface area (Å²) < 4.78 is 14.2. The Labute approximate surface area is 161 Å². The number of unbranched alkanes of at least 4 members (excludes halogenated alkanes) is 2. The minimum Gasteiger partial charge on any atom is -0.481 e. The van der Waals surface area contributed by atoms with Crippen LogP contribution in [0.1, 0.15) is 64.7 Å². The predicted octanol–water partition coefficient (Wildman–Crippen LogP) is 3.38. The zero-order chi connectivity index (χ0) is 20.2. The number of rotatable bonds is 13. The number of aliphatic hydroxyl groups is 3. The predicted molar refractivity (Wildman–Crippen MR) is 103 cm³/mol. The Hall–Kier alpha value is -1.24. The van der Waals surface area contributed by atoms with Crippen molar-refractivity contribution < 1.29 is 29.6 Å². The number of carboxylic acid groups (broad SMARTS) is 1. The monoisotopic (exact) mass is 386 g/mol. The van der Waals surface area contributed by atoms with Crippen LogP contribution in [-0.4, -0.2) is 50.9 Å². The molecule has 0 aromatic carbocycles. The Kier molecular flexibility index (Phi) is 11.5. The number of hydrogen-bond donors (Lipinski definition) is 4. The van der Waals surface area contributed by atoms with Gasteiger partial charge >= 0.3 is 5.97 Å². The summed E-state index contributed by atoms with van der Waals surface area (Å²) in [6.45, 7) is 1.74. The maximum absolute atomic E-state index is 14.2. The Morgan fingerprint density at radius 3 is 2.56 bits per heavy atom. The molecule has 0 radical (unpaired) electrons. The van der Waals surface area contributed by atoms with E-state index in [-0.39, 0.29) is 30.8 Å². The van der Waals surface area contributed by atoms with Crippen molar-refractivity contribution in [3.8, 4) is 0 Å². The molecule has 0 spiro atoms. The van der Waals surface area contributed by atoms with Gasteiger partial charge in [-0.2, -0.15) is 0 Å². The second-order valence-corrected chi connectivity index (χ2v) is 7.64. The van der Waals surface area contributed by atoms with E-state index in [1.165, 1.54) is 0 Å². The minimum absolute atomic E-state index is 0.108. The van der Waals surface area contributed by atoms with E-state index >= 15 is 0 Å². The molecule has 1 aliphatic rings. The number of aliphatic carboxylic acids is 1. The Morgan fingerprint density at radius 1 is 1.19 bits per heavy atom. The highest BCUT2D eigenvalue weighted by molar-refractivity contribution is 5.66. The van der Waals surface area contributed by atoms with Gasteiger partial charge in [0.15, 0.2) is 0 Å². The van der Waals surface area contributed by atoms with Gasteiger partial charge in [0.1, 0.15) is 6.17 Å². The molecule has 6 heteroatoms. The van der Waals surface area contributed by atoms with E-state index in [9.17, 15) is 24.5 Å². The van der Waals surface area contributed by atoms with E-state index in [0.29, 0.717) is 32.1 Å². The third kappa shape index (κ3) is 10.0. The fourth-order valence-corrected chi connectivity index (χ4v) is 3.55. The summed E-state index contributed by atoms with van der Waals surface area (Å²) >= 11 is 0. The van der Waals surface area contributed by atoms with Crippen LogP contribution >= 0.6 is 0 Å². The molecule has 0 amide bonds. The lowest BCUT2D eigenvalue weighted by molar-refractivity contribution is -0.137. The Balaban J connectivity index is 2.43. The van der Waals surface area contributed by atoms with Gasteiger partial charge in [0.05, 0.1) is 18.3 Å². The molecule has 0 bridgehead atoms. The van der Waals surface area contributed by atoms with Crippen LogP contribution in [0.15, 0.2) is 24.3 Å². The lowest BCUT2D eigenvalue weighted by Crippen LogP contribution is -2.19. The van der Waals surface area contributed by atoms with Gasteiger partial charge in [0, 0.05) is 24.7 Å². The van der Waals surface area contributed by atoms with Crippen molar-refractivity contribution in [3.05, 3.63) is 24.3 Å². The average molecular weight is 387 g/mol. The smallest absolute Gasteiger partial charge is 0.303 e. The molecular weight excluding hydrogens is 351 g/mol. The molecular formula is C21H35FO5. The molecule has 1 rings (SSSR count). The largest absolute Gasteiger partial charge is 0.481 e. The summed E-state index contributed by atoms with van der Waals surface area (Å²) in [6, 6.07) is 0. The SMILES string of the molecule is CC(O)CCCC[C@H](O)/C=C/[C@@H]1[C@@H](C/C=C\CCCC(=O)O)[C@H](F)C[C@H]1O. The van der Waals surface area contributed by atoms with Crippen LogP contribution in [0.25, 0.3) is 0 Å². The second kappa shape index (κ2) is 13.0. The van der Waals surface area contributed by atoms with Gasteiger partial charge in [0.25, 0.3) is 0 Å². The fraction of sp³-hybridized carbons (Fsp3) is 0.762. The molecule has 1 aliphatic carbocycles. The van der Waals surface area contributed by atoms with Gasteiger partial charge in [-0.25, -0.2) is 4.39 Å². The quantitative estimate of drug-likeness (QED) is 0.287. The highest BCUT2D eigenvalue weighted by Gasteiger charge is 2.40.